The number of hydrogen-bond donors (Lipinski definition) is 1. The highest BCUT2D eigenvalue weighted by molar-refractivity contribution is 7.99. The Kier molecular flexibility index (Phi) is 6.87. The van der Waals surface area contributed by atoms with Crippen molar-refractivity contribution in [1.29, 1.82) is 0 Å². The topological polar surface area (TPSA) is 64.8 Å². The molecule has 2 heterocycles. The second-order valence-electron chi connectivity index (χ2n) is 5.63. The molecule has 1 unspecified atom stereocenters. The van der Waals surface area contributed by atoms with E-state index in [-0.39, 0.29) is 18.3 Å². The maximum Gasteiger partial charge on any atom is 0.223 e. The summed E-state index contributed by atoms with van der Waals surface area (Å²) < 4.78 is 11.1. The van der Waals surface area contributed by atoms with Crippen LogP contribution >= 0.6 is 24.2 Å². The summed E-state index contributed by atoms with van der Waals surface area (Å²) in [6, 6.07) is 5.94. The maximum absolute atomic E-state index is 12.2. The molecule has 2 aliphatic heterocycles. The van der Waals surface area contributed by atoms with Crippen LogP contribution in [0, 0.1) is 5.92 Å². The van der Waals surface area contributed by atoms with E-state index in [1.165, 1.54) is 0 Å². The molecule has 0 aromatic heterocycles. The molecule has 0 spiro atoms. The van der Waals surface area contributed by atoms with Gasteiger partial charge in [-0.05, 0) is 37.1 Å². The number of amides is 1. The molecule has 1 atom stereocenters. The molecule has 2 aliphatic rings. The number of nitrogens with zero attached hydrogens (tertiary/aromatic N) is 1. The van der Waals surface area contributed by atoms with Crippen molar-refractivity contribution in [1.82, 2.24) is 4.90 Å². The fraction of sp³-hybridized carbons (Fsp3) is 0.562. The third kappa shape index (κ3) is 4.68. The van der Waals surface area contributed by atoms with Crippen LogP contribution < -0.4 is 15.2 Å². The standard InChI is InChI=1S/C16H22N2O3S.ClH/c17-10-12-3-5-18(11-12)16(19)4-8-22-13-1-2-14-15(9-13)21-7-6-20-14;/h1-2,9,12H,3-8,10-11,17H2;1H. The van der Waals surface area contributed by atoms with Crippen molar-refractivity contribution in [3.8, 4) is 11.5 Å². The van der Waals surface area contributed by atoms with Gasteiger partial charge in [0.05, 0.1) is 0 Å². The zero-order chi connectivity index (χ0) is 15.4. The first-order valence-electron chi connectivity index (χ1n) is 7.76. The number of rotatable bonds is 5. The monoisotopic (exact) mass is 358 g/mol. The van der Waals surface area contributed by atoms with E-state index in [1.807, 2.05) is 23.1 Å². The zero-order valence-corrected chi connectivity index (χ0v) is 14.7. The van der Waals surface area contributed by atoms with E-state index >= 15 is 0 Å². The Hall–Kier alpha value is -1.11. The van der Waals surface area contributed by atoms with E-state index < -0.39 is 0 Å². The fourth-order valence-electron chi connectivity index (χ4n) is 2.78. The van der Waals surface area contributed by atoms with E-state index in [0.717, 1.165) is 41.7 Å². The van der Waals surface area contributed by atoms with Gasteiger partial charge in [-0.1, -0.05) is 0 Å². The number of likely N-dealkylation sites (tertiary alicyclic amines) is 1. The summed E-state index contributed by atoms with van der Waals surface area (Å²) in [6.07, 6.45) is 1.61. The van der Waals surface area contributed by atoms with E-state index in [0.29, 0.717) is 32.1 Å². The van der Waals surface area contributed by atoms with Crippen LogP contribution in [0.25, 0.3) is 0 Å². The van der Waals surface area contributed by atoms with Crippen molar-refractivity contribution in [3.63, 3.8) is 0 Å². The van der Waals surface area contributed by atoms with Crippen LogP contribution in [0.4, 0.5) is 0 Å². The minimum atomic E-state index is 0. The fourth-order valence-corrected chi connectivity index (χ4v) is 3.65. The molecule has 1 fully saturated rings. The molecule has 1 saturated heterocycles. The Balaban J connectivity index is 0.00000192. The third-order valence-electron chi connectivity index (χ3n) is 4.07. The molecule has 2 N–H and O–H groups in total. The predicted molar refractivity (Wildman–Crippen MR) is 93.8 cm³/mol. The number of carbonyl (C=O) groups excluding carboxylic acids is 1. The first-order chi connectivity index (χ1) is 10.8. The molecule has 1 aromatic rings. The smallest absolute Gasteiger partial charge is 0.223 e. The summed E-state index contributed by atoms with van der Waals surface area (Å²) in [5.74, 6) is 3.10. The molecule has 5 nitrogen and oxygen atoms in total. The largest absolute Gasteiger partial charge is 0.486 e. The number of carbonyl (C=O) groups is 1. The lowest BCUT2D eigenvalue weighted by Crippen LogP contribution is -2.30. The molecule has 3 rings (SSSR count). The van der Waals surface area contributed by atoms with E-state index in [2.05, 4.69) is 0 Å². The van der Waals surface area contributed by atoms with Crippen molar-refractivity contribution in [3.05, 3.63) is 18.2 Å². The van der Waals surface area contributed by atoms with Crippen molar-refractivity contribution in [2.45, 2.75) is 17.7 Å². The van der Waals surface area contributed by atoms with Crippen LogP contribution in [0.2, 0.25) is 0 Å². The van der Waals surface area contributed by atoms with E-state index in [9.17, 15) is 4.79 Å². The highest BCUT2D eigenvalue weighted by atomic mass is 35.5. The quantitative estimate of drug-likeness (QED) is 0.817. The Labute approximate surface area is 147 Å². The van der Waals surface area contributed by atoms with Gasteiger partial charge in [0.2, 0.25) is 5.91 Å². The van der Waals surface area contributed by atoms with Crippen LogP contribution in [0.15, 0.2) is 23.1 Å². The minimum absolute atomic E-state index is 0. The maximum atomic E-state index is 12.2. The van der Waals surface area contributed by atoms with Gasteiger partial charge in [-0.3, -0.25) is 4.79 Å². The van der Waals surface area contributed by atoms with Crippen LogP contribution in [0.3, 0.4) is 0 Å². The second-order valence-corrected chi connectivity index (χ2v) is 6.80. The predicted octanol–water partition coefficient (Wildman–Crippen LogP) is 2.17. The lowest BCUT2D eigenvalue weighted by molar-refractivity contribution is -0.129. The van der Waals surface area contributed by atoms with Crippen molar-refractivity contribution >= 4 is 30.1 Å². The molecule has 0 saturated carbocycles. The van der Waals surface area contributed by atoms with Gasteiger partial charge in [-0.25, -0.2) is 0 Å². The van der Waals surface area contributed by atoms with Crippen LogP contribution in [-0.4, -0.2) is 49.4 Å². The Morgan fingerprint density at radius 1 is 1.30 bits per heavy atom. The molecule has 23 heavy (non-hydrogen) atoms. The third-order valence-corrected chi connectivity index (χ3v) is 5.07. The second kappa shape index (κ2) is 8.66. The van der Waals surface area contributed by atoms with Gasteiger partial charge < -0.3 is 20.1 Å². The van der Waals surface area contributed by atoms with Crippen LogP contribution in [-0.2, 0) is 4.79 Å². The molecule has 128 valence electrons. The molecule has 0 radical (unpaired) electrons. The molecular weight excluding hydrogens is 336 g/mol. The summed E-state index contributed by atoms with van der Waals surface area (Å²) >= 11 is 1.68. The summed E-state index contributed by atoms with van der Waals surface area (Å²) in [5.41, 5.74) is 5.66. The minimum Gasteiger partial charge on any atom is -0.486 e. The zero-order valence-electron chi connectivity index (χ0n) is 13.0. The number of thioether (sulfide) groups is 1. The molecule has 0 aliphatic carbocycles. The summed E-state index contributed by atoms with van der Waals surface area (Å²) in [6.45, 7) is 3.56. The molecule has 1 aromatic carbocycles. The van der Waals surface area contributed by atoms with E-state index in [4.69, 9.17) is 15.2 Å². The Bertz CT molecular complexity index is 544. The Morgan fingerprint density at radius 2 is 2.09 bits per heavy atom. The number of hydrogen-bond acceptors (Lipinski definition) is 5. The number of ether oxygens (including phenoxy) is 2. The summed E-state index contributed by atoms with van der Waals surface area (Å²) in [4.78, 5) is 15.2. The first kappa shape index (κ1) is 18.2. The van der Waals surface area contributed by atoms with Gasteiger partial charge in [0.25, 0.3) is 0 Å². The SMILES string of the molecule is Cl.NCC1CCN(C(=O)CCSc2ccc3c(c2)OCCO3)C1. The van der Waals surface area contributed by atoms with E-state index in [1.54, 1.807) is 11.8 Å². The average Bonchev–Trinajstić information content (AvgIpc) is 3.04. The van der Waals surface area contributed by atoms with Crippen LogP contribution in [0.5, 0.6) is 11.5 Å². The van der Waals surface area contributed by atoms with Gasteiger partial charge in [-0.15, -0.1) is 24.2 Å². The Morgan fingerprint density at radius 3 is 2.83 bits per heavy atom. The van der Waals surface area contributed by atoms with Crippen molar-refractivity contribution in [2.75, 3.05) is 38.6 Å². The van der Waals surface area contributed by atoms with Crippen molar-refractivity contribution < 1.29 is 14.3 Å². The molecule has 7 heteroatoms. The van der Waals surface area contributed by atoms with Gasteiger partial charge >= 0.3 is 0 Å². The highest BCUT2D eigenvalue weighted by Gasteiger charge is 2.24. The van der Waals surface area contributed by atoms with Gasteiger partial charge in [-0.2, -0.15) is 0 Å². The normalized spacial score (nSPS) is 19.3. The molecule has 1 amide bonds. The lowest BCUT2D eigenvalue weighted by atomic mass is 10.1. The molecular formula is C16H23ClN2O3S. The van der Waals surface area contributed by atoms with Gasteiger partial charge in [0.1, 0.15) is 13.2 Å². The lowest BCUT2D eigenvalue weighted by Gasteiger charge is -2.19. The molecule has 0 bridgehead atoms. The summed E-state index contributed by atoms with van der Waals surface area (Å²) in [7, 11) is 0. The number of fused-ring (bicyclic) bond motifs is 1. The number of nitrogens with two attached hydrogens (primary N) is 1. The average molecular weight is 359 g/mol. The number of halogens is 1. The number of benzene rings is 1. The first-order valence-corrected chi connectivity index (χ1v) is 8.75. The highest BCUT2D eigenvalue weighted by Crippen LogP contribution is 2.34. The summed E-state index contributed by atoms with van der Waals surface area (Å²) in [5, 5.41) is 0. The van der Waals surface area contributed by atoms with Gasteiger partial charge in [0, 0.05) is 30.2 Å². The van der Waals surface area contributed by atoms with Crippen molar-refractivity contribution in [2.24, 2.45) is 11.7 Å². The van der Waals surface area contributed by atoms with Crippen LogP contribution in [0.1, 0.15) is 12.8 Å². The van der Waals surface area contributed by atoms with Gasteiger partial charge in [0.15, 0.2) is 11.5 Å².